The fraction of sp³-hybridized carbons (Fsp3) is 0.579. The van der Waals surface area contributed by atoms with Gasteiger partial charge in [0.05, 0.1) is 13.2 Å². The molecule has 144 valence electrons. The van der Waals surface area contributed by atoms with Crippen molar-refractivity contribution in [3.63, 3.8) is 0 Å². The monoisotopic (exact) mass is 365 g/mol. The molecule has 0 radical (unpaired) electrons. The highest BCUT2D eigenvalue weighted by molar-refractivity contribution is 5.92. The number of nitrogens with zero attached hydrogens (tertiary/aromatic N) is 2. The molecule has 0 bridgehead atoms. The Morgan fingerprint density at radius 2 is 2.00 bits per heavy atom. The van der Waals surface area contributed by atoms with E-state index in [1.165, 1.54) is 6.07 Å². The highest BCUT2D eigenvalue weighted by atomic mass is 19.1. The maximum atomic E-state index is 13.6. The van der Waals surface area contributed by atoms with E-state index in [9.17, 15) is 14.0 Å². The lowest BCUT2D eigenvalue weighted by Gasteiger charge is -2.21. The summed E-state index contributed by atoms with van der Waals surface area (Å²) >= 11 is 0. The summed E-state index contributed by atoms with van der Waals surface area (Å²) in [5.41, 5.74) is 0.992. The molecule has 0 aliphatic carbocycles. The summed E-state index contributed by atoms with van der Waals surface area (Å²) in [5, 5.41) is 2.72. The molecule has 2 amide bonds. The molecule has 1 saturated heterocycles. The number of hydrogen-bond acceptors (Lipinski definition) is 4. The Bertz CT molecular complexity index is 636. The lowest BCUT2D eigenvalue weighted by atomic mass is 10.2. The number of carbonyl (C=O) groups is 2. The van der Waals surface area contributed by atoms with Crippen molar-refractivity contribution in [1.82, 2.24) is 9.80 Å². The van der Waals surface area contributed by atoms with Crippen molar-refractivity contribution in [3.8, 4) is 0 Å². The minimum Gasteiger partial charge on any atom is -0.449 e. The Morgan fingerprint density at radius 3 is 2.69 bits per heavy atom. The average molecular weight is 365 g/mol. The van der Waals surface area contributed by atoms with Crippen molar-refractivity contribution in [2.24, 2.45) is 5.92 Å². The molecular formula is C19H28FN3O3. The number of anilines is 1. The summed E-state index contributed by atoms with van der Waals surface area (Å²) in [6, 6.07) is 4.64. The van der Waals surface area contributed by atoms with Gasteiger partial charge in [0, 0.05) is 31.9 Å². The second-order valence-corrected chi connectivity index (χ2v) is 7.10. The van der Waals surface area contributed by atoms with Crippen LogP contribution in [-0.4, -0.2) is 61.1 Å². The predicted octanol–water partition coefficient (Wildman–Crippen LogP) is 2.87. The Balaban J connectivity index is 1.80. The molecule has 1 N–H and O–H groups in total. The number of nitrogens with one attached hydrogen (secondary N) is 1. The van der Waals surface area contributed by atoms with Crippen LogP contribution in [0.15, 0.2) is 18.2 Å². The molecular weight excluding hydrogens is 337 g/mol. The molecule has 0 unspecified atom stereocenters. The minimum absolute atomic E-state index is 0.191. The fourth-order valence-corrected chi connectivity index (χ4v) is 2.72. The smallest absolute Gasteiger partial charge is 0.409 e. The van der Waals surface area contributed by atoms with Crippen molar-refractivity contribution in [2.45, 2.75) is 27.2 Å². The van der Waals surface area contributed by atoms with Gasteiger partial charge in [-0.05, 0) is 37.0 Å². The number of aryl methyl sites for hydroxylation is 1. The Morgan fingerprint density at radius 1 is 1.23 bits per heavy atom. The Hall–Kier alpha value is -2.15. The average Bonchev–Trinajstić information content (AvgIpc) is 2.81. The van der Waals surface area contributed by atoms with Crippen LogP contribution in [0.25, 0.3) is 0 Å². The van der Waals surface area contributed by atoms with Crippen molar-refractivity contribution >= 4 is 17.7 Å². The largest absolute Gasteiger partial charge is 0.449 e. The lowest BCUT2D eigenvalue weighted by molar-refractivity contribution is -0.117. The Labute approximate surface area is 154 Å². The highest BCUT2D eigenvalue weighted by Gasteiger charge is 2.21. The van der Waals surface area contributed by atoms with E-state index in [1.54, 1.807) is 24.0 Å². The van der Waals surface area contributed by atoms with Crippen molar-refractivity contribution in [1.29, 1.82) is 0 Å². The summed E-state index contributed by atoms with van der Waals surface area (Å²) in [4.78, 5) is 27.9. The van der Waals surface area contributed by atoms with E-state index in [2.05, 4.69) is 5.32 Å². The van der Waals surface area contributed by atoms with Crippen LogP contribution in [0.5, 0.6) is 0 Å². The summed E-state index contributed by atoms with van der Waals surface area (Å²) in [5.74, 6) is -0.227. The van der Waals surface area contributed by atoms with E-state index in [0.29, 0.717) is 43.4 Å². The normalized spacial score (nSPS) is 15.7. The van der Waals surface area contributed by atoms with Crippen LogP contribution in [0.4, 0.5) is 14.9 Å². The predicted molar refractivity (Wildman–Crippen MR) is 98.6 cm³/mol. The maximum absolute atomic E-state index is 13.6. The van der Waals surface area contributed by atoms with E-state index < -0.39 is 0 Å². The molecule has 0 aromatic heterocycles. The van der Waals surface area contributed by atoms with Gasteiger partial charge in [-0.25, -0.2) is 9.18 Å². The van der Waals surface area contributed by atoms with Gasteiger partial charge in [0.25, 0.3) is 0 Å². The van der Waals surface area contributed by atoms with Crippen LogP contribution in [0.1, 0.15) is 25.8 Å². The van der Waals surface area contributed by atoms with Crippen molar-refractivity contribution in [3.05, 3.63) is 29.6 Å². The van der Waals surface area contributed by atoms with Gasteiger partial charge in [0.15, 0.2) is 0 Å². The summed E-state index contributed by atoms with van der Waals surface area (Å²) in [7, 11) is 0. The quantitative estimate of drug-likeness (QED) is 0.872. The van der Waals surface area contributed by atoms with E-state index in [4.69, 9.17) is 4.74 Å². The van der Waals surface area contributed by atoms with E-state index in [0.717, 1.165) is 13.0 Å². The second-order valence-electron chi connectivity index (χ2n) is 7.10. The molecule has 2 rings (SSSR count). The maximum Gasteiger partial charge on any atom is 0.409 e. The van der Waals surface area contributed by atoms with Crippen LogP contribution in [0.3, 0.4) is 0 Å². The van der Waals surface area contributed by atoms with Crippen molar-refractivity contribution in [2.75, 3.05) is 44.6 Å². The van der Waals surface area contributed by atoms with Crippen LogP contribution in [-0.2, 0) is 9.53 Å². The standard InChI is InChI=1S/C19H28FN3O3/c1-14(2)13-26-19(25)23-8-4-7-22(9-10-23)12-18(24)21-16-6-5-15(3)17(20)11-16/h5-6,11,14H,4,7-10,12-13H2,1-3H3,(H,21,24). The number of rotatable bonds is 5. The fourth-order valence-electron chi connectivity index (χ4n) is 2.72. The van der Waals surface area contributed by atoms with E-state index in [1.807, 2.05) is 18.7 Å². The first-order valence-corrected chi connectivity index (χ1v) is 9.05. The molecule has 1 aromatic rings. The van der Waals surface area contributed by atoms with Crippen LogP contribution in [0, 0.1) is 18.7 Å². The SMILES string of the molecule is Cc1ccc(NC(=O)CN2CCCN(C(=O)OCC(C)C)CC2)cc1F. The molecule has 7 heteroatoms. The lowest BCUT2D eigenvalue weighted by Crippen LogP contribution is -2.38. The van der Waals surface area contributed by atoms with Crippen LogP contribution in [0.2, 0.25) is 0 Å². The van der Waals surface area contributed by atoms with Gasteiger partial charge in [0.1, 0.15) is 5.82 Å². The van der Waals surface area contributed by atoms with Gasteiger partial charge in [-0.3, -0.25) is 9.69 Å². The first-order valence-electron chi connectivity index (χ1n) is 9.05. The summed E-state index contributed by atoms with van der Waals surface area (Å²) < 4.78 is 18.8. The van der Waals surface area contributed by atoms with Gasteiger partial charge < -0.3 is 15.0 Å². The van der Waals surface area contributed by atoms with Crippen LogP contribution < -0.4 is 5.32 Å². The number of benzene rings is 1. The van der Waals surface area contributed by atoms with Gasteiger partial charge in [-0.15, -0.1) is 0 Å². The summed E-state index contributed by atoms with van der Waals surface area (Å²) in [6.07, 6.45) is 0.489. The third kappa shape index (κ3) is 6.29. The third-order valence-corrected chi connectivity index (χ3v) is 4.21. The molecule has 0 saturated carbocycles. The molecule has 1 aliphatic heterocycles. The zero-order chi connectivity index (χ0) is 19.1. The molecule has 1 heterocycles. The van der Waals surface area contributed by atoms with E-state index in [-0.39, 0.29) is 24.4 Å². The number of halogens is 1. The molecule has 1 aliphatic rings. The molecule has 6 nitrogen and oxygen atoms in total. The molecule has 1 fully saturated rings. The van der Waals surface area contributed by atoms with Crippen LogP contribution >= 0.6 is 0 Å². The highest BCUT2D eigenvalue weighted by Crippen LogP contribution is 2.14. The second kappa shape index (κ2) is 9.52. The molecule has 0 atom stereocenters. The van der Waals surface area contributed by atoms with Gasteiger partial charge >= 0.3 is 6.09 Å². The van der Waals surface area contributed by atoms with Gasteiger partial charge in [-0.1, -0.05) is 19.9 Å². The molecule has 1 aromatic carbocycles. The third-order valence-electron chi connectivity index (χ3n) is 4.21. The number of ether oxygens (including phenoxy) is 1. The Kier molecular flexibility index (Phi) is 7.38. The zero-order valence-corrected chi connectivity index (χ0v) is 15.8. The number of carbonyl (C=O) groups excluding carboxylic acids is 2. The van der Waals surface area contributed by atoms with Crippen molar-refractivity contribution < 1.29 is 18.7 Å². The first kappa shape index (κ1) is 20.2. The minimum atomic E-state index is -0.340. The zero-order valence-electron chi connectivity index (χ0n) is 15.8. The first-order chi connectivity index (χ1) is 12.3. The van der Waals surface area contributed by atoms with Gasteiger partial charge in [-0.2, -0.15) is 0 Å². The van der Waals surface area contributed by atoms with E-state index >= 15 is 0 Å². The number of hydrogen-bond donors (Lipinski definition) is 1. The molecule has 0 spiro atoms. The van der Waals surface area contributed by atoms with Gasteiger partial charge in [0.2, 0.25) is 5.91 Å². The summed E-state index contributed by atoms with van der Waals surface area (Å²) in [6.45, 7) is 8.78. The molecule has 26 heavy (non-hydrogen) atoms. The number of amides is 2. The topological polar surface area (TPSA) is 61.9 Å².